The van der Waals surface area contributed by atoms with Crippen LogP contribution in [0.2, 0.25) is 5.02 Å². The van der Waals surface area contributed by atoms with Crippen LogP contribution in [0.15, 0.2) is 47.4 Å². The lowest BCUT2D eigenvalue weighted by molar-refractivity contribution is -0.139. The number of ether oxygens (including phenoxy) is 1. The summed E-state index contributed by atoms with van der Waals surface area (Å²) in [4.78, 5) is 26.6. The Balaban J connectivity index is 1.49. The van der Waals surface area contributed by atoms with E-state index in [1.54, 1.807) is 19.2 Å². The third-order valence-electron chi connectivity index (χ3n) is 9.45. The number of aryl methyl sites for hydroxylation is 1. The van der Waals surface area contributed by atoms with Crippen LogP contribution >= 0.6 is 11.6 Å². The molecular formula is C35H50ClN3O6S. The van der Waals surface area contributed by atoms with Crippen LogP contribution in [0.3, 0.4) is 0 Å². The van der Waals surface area contributed by atoms with Gasteiger partial charge in [0.25, 0.3) is 0 Å². The molecule has 2 aromatic carbocycles. The van der Waals surface area contributed by atoms with Crippen LogP contribution in [-0.2, 0) is 26.0 Å². The monoisotopic (exact) mass is 675 g/mol. The molecule has 1 aliphatic carbocycles. The van der Waals surface area contributed by atoms with Gasteiger partial charge in [-0.05, 0) is 67.9 Å². The molecule has 254 valence electrons. The molecule has 0 unspecified atom stereocenters. The molecule has 9 nitrogen and oxygen atoms in total. The van der Waals surface area contributed by atoms with E-state index in [1.165, 1.54) is 30.0 Å². The molecule has 1 aliphatic heterocycles. The number of benzene rings is 2. The number of sulfonamides is 1. The van der Waals surface area contributed by atoms with Gasteiger partial charge in [-0.2, -0.15) is 4.31 Å². The number of carbonyl (C=O) groups excluding carboxylic acids is 1. The lowest BCUT2D eigenvalue weighted by atomic mass is 9.83. The maximum Gasteiger partial charge on any atom is 0.407 e. The molecule has 0 bridgehead atoms. The zero-order chi connectivity index (χ0) is 33.1. The number of hydrogen-bond donors (Lipinski definition) is 2. The fraction of sp³-hybridized carbons (Fsp3) is 0.600. The standard InChI is InChI=1S/C35H50ClN3O6S/c1-3-4-5-6-7-8-15-22-45-35(42)37-30(34(40)41)21-20-27-23-33-31(24-29(27)36)39(28-18-13-10-14-19-28)25-32(38(2)46(33,43)44)26-16-11-9-12-17-26/h10,13-14,18-19,23-24,26,30,32H,3-9,11-12,15-17,20-22,25H2,1-2H3,(H,37,42)(H,40,41)/t30-,32-/m0/s1. The van der Waals surface area contributed by atoms with Crippen LogP contribution in [0, 0.1) is 5.92 Å². The third-order valence-corrected chi connectivity index (χ3v) is 11.7. The summed E-state index contributed by atoms with van der Waals surface area (Å²) in [5, 5.41) is 12.6. The molecule has 1 saturated carbocycles. The number of fused-ring (bicyclic) bond motifs is 1. The van der Waals surface area contributed by atoms with E-state index in [4.69, 9.17) is 16.3 Å². The number of carbonyl (C=O) groups is 2. The Labute approximate surface area is 279 Å². The van der Waals surface area contributed by atoms with Crippen LogP contribution in [0.4, 0.5) is 16.2 Å². The van der Waals surface area contributed by atoms with Crippen LogP contribution in [0.5, 0.6) is 0 Å². The van der Waals surface area contributed by atoms with Crippen LogP contribution < -0.4 is 10.2 Å². The van der Waals surface area contributed by atoms with Crippen molar-refractivity contribution in [2.24, 2.45) is 5.92 Å². The number of carboxylic acids is 1. The number of likely N-dealkylation sites (N-methyl/N-ethyl adjacent to an activating group) is 1. The summed E-state index contributed by atoms with van der Waals surface area (Å²) in [6.07, 6.45) is 12.3. The molecule has 0 spiro atoms. The fourth-order valence-electron chi connectivity index (χ4n) is 6.71. The van der Waals surface area contributed by atoms with Gasteiger partial charge in [0, 0.05) is 30.3 Å². The van der Waals surface area contributed by atoms with Crippen molar-refractivity contribution < 1.29 is 27.9 Å². The Morgan fingerprint density at radius 1 is 1.02 bits per heavy atom. The van der Waals surface area contributed by atoms with E-state index in [2.05, 4.69) is 12.2 Å². The number of aliphatic carboxylic acids is 1. The second-order valence-electron chi connectivity index (χ2n) is 12.7. The Morgan fingerprint density at radius 3 is 2.37 bits per heavy atom. The molecule has 0 radical (unpaired) electrons. The quantitative estimate of drug-likeness (QED) is 0.184. The van der Waals surface area contributed by atoms with E-state index in [0.717, 1.165) is 57.1 Å². The van der Waals surface area contributed by atoms with Crippen LogP contribution in [0.25, 0.3) is 0 Å². The van der Waals surface area contributed by atoms with Gasteiger partial charge in [-0.25, -0.2) is 18.0 Å². The minimum Gasteiger partial charge on any atom is -0.480 e. The van der Waals surface area contributed by atoms with E-state index in [0.29, 0.717) is 22.8 Å². The Kier molecular flexibility index (Phi) is 13.6. The minimum atomic E-state index is -3.90. The maximum absolute atomic E-state index is 14.2. The highest BCUT2D eigenvalue weighted by Gasteiger charge is 2.41. The normalized spacial score (nSPS) is 19.2. The molecule has 2 aromatic rings. The summed E-state index contributed by atoms with van der Waals surface area (Å²) in [5.41, 5.74) is 1.89. The number of amides is 1. The molecular weight excluding hydrogens is 626 g/mol. The van der Waals surface area contributed by atoms with E-state index < -0.39 is 28.1 Å². The first kappa shape index (κ1) is 36.0. The molecule has 2 N–H and O–H groups in total. The number of para-hydroxylation sites is 1. The summed E-state index contributed by atoms with van der Waals surface area (Å²) in [6.45, 7) is 2.90. The number of rotatable bonds is 15. The largest absolute Gasteiger partial charge is 0.480 e. The number of anilines is 2. The van der Waals surface area contributed by atoms with Gasteiger partial charge >= 0.3 is 12.1 Å². The van der Waals surface area contributed by atoms with Crippen molar-refractivity contribution in [3.05, 3.63) is 53.1 Å². The minimum absolute atomic E-state index is 0.0172. The molecule has 2 aliphatic rings. The van der Waals surface area contributed by atoms with Gasteiger partial charge in [0.1, 0.15) is 10.9 Å². The average molecular weight is 676 g/mol. The van der Waals surface area contributed by atoms with Crippen molar-refractivity contribution in [1.82, 2.24) is 9.62 Å². The van der Waals surface area contributed by atoms with Gasteiger partial charge in [0.2, 0.25) is 10.0 Å². The van der Waals surface area contributed by atoms with E-state index in [-0.39, 0.29) is 36.3 Å². The first-order valence-corrected chi connectivity index (χ1v) is 18.7. The number of unbranched alkanes of at least 4 members (excludes halogenated alkanes) is 6. The lowest BCUT2D eigenvalue weighted by Gasteiger charge is -2.36. The Morgan fingerprint density at radius 2 is 1.70 bits per heavy atom. The summed E-state index contributed by atoms with van der Waals surface area (Å²) < 4.78 is 35.2. The summed E-state index contributed by atoms with van der Waals surface area (Å²) in [5.74, 6) is -0.950. The van der Waals surface area contributed by atoms with E-state index >= 15 is 0 Å². The van der Waals surface area contributed by atoms with Crippen molar-refractivity contribution in [2.75, 3.05) is 25.1 Å². The molecule has 46 heavy (non-hydrogen) atoms. The highest BCUT2D eigenvalue weighted by molar-refractivity contribution is 7.89. The molecule has 1 amide bonds. The zero-order valence-corrected chi connectivity index (χ0v) is 28.8. The highest BCUT2D eigenvalue weighted by Crippen LogP contribution is 2.43. The number of halogens is 1. The molecule has 1 heterocycles. The summed E-state index contributed by atoms with van der Waals surface area (Å²) in [7, 11) is -2.23. The number of nitrogens with zero attached hydrogens (tertiary/aromatic N) is 2. The van der Waals surface area contributed by atoms with Gasteiger partial charge in [0.15, 0.2) is 0 Å². The second-order valence-corrected chi connectivity index (χ2v) is 15.0. The zero-order valence-electron chi connectivity index (χ0n) is 27.3. The lowest BCUT2D eigenvalue weighted by Crippen LogP contribution is -2.46. The molecule has 4 rings (SSSR count). The third kappa shape index (κ3) is 9.38. The average Bonchev–Trinajstić information content (AvgIpc) is 3.13. The topological polar surface area (TPSA) is 116 Å². The molecule has 0 saturated heterocycles. The molecule has 1 fully saturated rings. The van der Waals surface area contributed by atoms with Crippen molar-refractivity contribution in [3.63, 3.8) is 0 Å². The first-order chi connectivity index (χ1) is 22.1. The van der Waals surface area contributed by atoms with Gasteiger partial charge in [-0.1, -0.05) is 94.5 Å². The SMILES string of the molecule is CCCCCCCCCOC(=O)N[C@@H](CCc1cc2c(cc1Cl)N(c1ccccc1)C[C@@H](C1CCCCC1)N(C)S2(=O)=O)C(=O)O. The number of alkyl carbamates (subject to hydrolysis) is 1. The molecule has 11 heteroatoms. The second kappa shape index (κ2) is 17.4. The summed E-state index contributed by atoms with van der Waals surface area (Å²) >= 11 is 6.79. The number of carboxylic acid groups (broad SMARTS) is 1. The fourth-order valence-corrected chi connectivity index (χ4v) is 8.59. The molecule has 0 aromatic heterocycles. The Bertz CT molecular complexity index is 1400. The van der Waals surface area contributed by atoms with Crippen molar-refractivity contribution in [2.45, 2.75) is 114 Å². The van der Waals surface area contributed by atoms with Gasteiger partial charge in [-0.3, -0.25) is 0 Å². The van der Waals surface area contributed by atoms with Crippen molar-refractivity contribution >= 4 is 45.1 Å². The van der Waals surface area contributed by atoms with E-state index in [1.807, 2.05) is 35.2 Å². The predicted molar refractivity (Wildman–Crippen MR) is 182 cm³/mol. The van der Waals surface area contributed by atoms with Crippen LogP contribution in [0.1, 0.15) is 96.0 Å². The number of nitrogens with one attached hydrogen (secondary N) is 1. The predicted octanol–water partition coefficient (Wildman–Crippen LogP) is 7.92. The highest BCUT2D eigenvalue weighted by atomic mass is 35.5. The summed E-state index contributed by atoms with van der Waals surface area (Å²) in [6, 6.07) is 11.6. The Hall–Kier alpha value is -2.82. The van der Waals surface area contributed by atoms with Gasteiger partial charge < -0.3 is 20.1 Å². The van der Waals surface area contributed by atoms with E-state index in [9.17, 15) is 23.1 Å². The van der Waals surface area contributed by atoms with Crippen molar-refractivity contribution in [1.29, 1.82) is 0 Å². The van der Waals surface area contributed by atoms with Gasteiger partial charge in [-0.15, -0.1) is 0 Å². The maximum atomic E-state index is 14.2. The van der Waals surface area contributed by atoms with Crippen molar-refractivity contribution in [3.8, 4) is 0 Å². The first-order valence-electron chi connectivity index (χ1n) is 16.9. The number of hydrogen-bond acceptors (Lipinski definition) is 6. The molecule has 2 atom stereocenters. The van der Waals surface area contributed by atoms with Gasteiger partial charge in [0.05, 0.1) is 12.3 Å². The van der Waals surface area contributed by atoms with Crippen LogP contribution in [-0.4, -0.2) is 62.2 Å². The smallest absolute Gasteiger partial charge is 0.407 e.